The van der Waals surface area contributed by atoms with Crippen LogP contribution in [0.3, 0.4) is 0 Å². The number of esters is 1. The zero-order valence-corrected chi connectivity index (χ0v) is 9.32. The third kappa shape index (κ3) is 5.02. The second-order valence-electron chi connectivity index (χ2n) is 3.09. The molecule has 0 aromatic heterocycles. The number of carbonyl (C=O) groups is 2. The number of nitriles is 1. The van der Waals surface area contributed by atoms with E-state index in [9.17, 15) is 9.59 Å². The van der Waals surface area contributed by atoms with Crippen LogP contribution in [0.15, 0.2) is 0 Å². The second-order valence-corrected chi connectivity index (χ2v) is 3.09. The van der Waals surface area contributed by atoms with E-state index in [-0.39, 0.29) is 18.9 Å². The molecule has 5 heteroatoms. The minimum Gasteiger partial charge on any atom is -0.464 e. The first-order valence-corrected chi connectivity index (χ1v) is 4.84. The number of nitrogens with zero attached hydrogens (tertiary/aromatic N) is 1. The van der Waals surface area contributed by atoms with E-state index in [0.29, 0.717) is 0 Å². The van der Waals surface area contributed by atoms with Crippen molar-refractivity contribution in [2.75, 3.05) is 6.61 Å². The van der Waals surface area contributed by atoms with Gasteiger partial charge in [-0.2, -0.15) is 5.26 Å². The molecule has 16 heavy (non-hydrogen) atoms. The molecule has 0 saturated carbocycles. The monoisotopic (exact) mass is 222 g/mol. The van der Waals surface area contributed by atoms with Crippen molar-refractivity contribution in [2.24, 2.45) is 5.92 Å². The lowest BCUT2D eigenvalue weighted by atomic mass is 10.0. The second kappa shape index (κ2) is 7.30. The number of carbonyl (C=O) groups excluding carboxylic acids is 2. The predicted octanol–water partition coefficient (Wildman–Crippen LogP) is 0.217. The summed E-state index contributed by atoms with van der Waals surface area (Å²) >= 11 is 0. The van der Waals surface area contributed by atoms with Crippen LogP contribution in [0.5, 0.6) is 0 Å². The molecule has 1 amide bonds. The van der Waals surface area contributed by atoms with Crippen molar-refractivity contribution in [3.8, 4) is 18.4 Å². The molecule has 0 aromatic carbocycles. The van der Waals surface area contributed by atoms with E-state index in [2.05, 4.69) is 11.2 Å². The fraction of sp³-hybridized carbons (Fsp3) is 0.545. The molecule has 0 bridgehead atoms. The predicted molar refractivity (Wildman–Crippen MR) is 56.8 cm³/mol. The molecule has 0 saturated heterocycles. The number of terminal acetylenes is 1. The van der Waals surface area contributed by atoms with Gasteiger partial charge in [-0.05, 0) is 6.92 Å². The van der Waals surface area contributed by atoms with Gasteiger partial charge in [-0.1, -0.05) is 5.92 Å². The Hall–Kier alpha value is -2.01. The van der Waals surface area contributed by atoms with Crippen LogP contribution in [0.4, 0.5) is 0 Å². The molecule has 0 aromatic rings. The summed E-state index contributed by atoms with van der Waals surface area (Å²) in [5.41, 5.74) is 0. The third-order valence-electron chi connectivity index (χ3n) is 1.78. The van der Waals surface area contributed by atoms with Gasteiger partial charge in [-0.15, -0.1) is 6.42 Å². The SMILES string of the molecule is C#C[C@@H](C#N)C[C@H](NC(C)=O)C(=O)OCC. The van der Waals surface area contributed by atoms with E-state index in [1.54, 1.807) is 6.92 Å². The van der Waals surface area contributed by atoms with Gasteiger partial charge in [0.25, 0.3) is 0 Å². The molecule has 0 aliphatic rings. The molecule has 0 fully saturated rings. The van der Waals surface area contributed by atoms with Gasteiger partial charge in [0, 0.05) is 13.3 Å². The van der Waals surface area contributed by atoms with Crippen LogP contribution < -0.4 is 5.32 Å². The summed E-state index contributed by atoms with van der Waals surface area (Å²) in [6, 6.07) is 0.994. The first kappa shape index (κ1) is 14.0. The highest BCUT2D eigenvalue weighted by molar-refractivity contribution is 5.83. The maximum atomic E-state index is 11.4. The Morgan fingerprint density at radius 2 is 2.19 bits per heavy atom. The lowest BCUT2D eigenvalue weighted by Gasteiger charge is -2.16. The summed E-state index contributed by atoms with van der Waals surface area (Å²) in [6.07, 6.45) is 5.16. The number of hydrogen-bond donors (Lipinski definition) is 1. The van der Waals surface area contributed by atoms with E-state index >= 15 is 0 Å². The lowest BCUT2D eigenvalue weighted by molar-refractivity contribution is -0.147. The molecule has 0 radical (unpaired) electrons. The van der Waals surface area contributed by atoms with Crippen molar-refractivity contribution in [3.05, 3.63) is 0 Å². The van der Waals surface area contributed by atoms with Crippen molar-refractivity contribution in [1.82, 2.24) is 5.32 Å². The summed E-state index contributed by atoms with van der Waals surface area (Å²) in [5.74, 6) is 0.567. The molecule has 0 heterocycles. The fourth-order valence-corrected chi connectivity index (χ4v) is 1.10. The van der Waals surface area contributed by atoms with Gasteiger partial charge < -0.3 is 10.1 Å². The number of rotatable bonds is 5. The van der Waals surface area contributed by atoms with E-state index in [1.165, 1.54) is 6.92 Å². The van der Waals surface area contributed by atoms with Crippen LogP contribution in [-0.2, 0) is 14.3 Å². The van der Waals surface area contributed by atoms with Crippen LogP contribution in [0.25, 0.3) is 0 Å². The van der Waals surface area contributed by atoms with Crippen LogP contribution in [0.1, 0.15) is 20.3 Å². The summed E-state index contributed by atoms with van der Waals surface area (Å²) in [7, 11) is 0. The Kier molecular flexibility index (Phi) is 6.39. The van der Waals surface area contributed by atoms with Crippen molar-refractivity contribution in [2.45, 2.75) is 26.3 Å². The average molecular weight is 222 g/mol. The minimum absolute atomic E-state index is 0.0609. The zero-order chi connectivity index (χ0) is 12.6. The van der Waals surface area contributed by atoms with Crippen LogP contribution in [0, 0.1) is 29.6 Å². The number of nitrogens with one attached hydrogen (secondary N) is 1. The molecule has 0 spiro atoms. The van der Waals surface area contributed by atoms with Crippen molar-refractivity contribution >= 4 is 11.9 Å². The van der Waals surface area contributed by atoms with Gasteiger partial charge in [-0.3, -0.25) is 4.79 Å². The highest BCUT2D eigenvalue weighted by atomic mass is 16.5. The van der Waals surface area contributed by atoms with Crippen LogP contribution >= 0.6 is 0 Å². The third-order valence-corrected chi connectivity index (χ3v) is 1.78. The van der Waals surface area contributed by atoms with Gasteiger partial charge in [0.15, 0.2) is 0 Å². The van der Waals surface area contributed by atoms with Crippen molar-refractivity contribution in [3.63, 3.8) is 0 Å². The summed E-state index contributed by atoms with van der Waals surface area (Å²) in [5, 5.41) is 11.1. The van der Waals surface area contributed by atoms with Gasteiger partial charge in [0.05, 0.1) is 12.7 Å². The van der Waals surface area contributed by atoms with E-state index < -0.39 is 17.9 Å². The normalized spacial score (nSPS) is 12.8. The number of ether oxygens (including phenoxy) is 1. The largest absolute Gasteiger partial charge is 0.464 e. The first-order chi connectivity index (χ1) is 7.54. The van der Waals surface area contributed by atoms with E-state index in [4.69, 9.17) is 16.4 Å². The van der Waals surface area contributed by atoms with Gasteiger partial charge >= 0.3 is 5.97 Å². The molecule has 1 N–H and O–H groups in total. The molecule has 5 nitrogen and oxygen atoms in total. The zero-order valence-electron chi connectivity index (χ0n) is 9.32. The smallest absolute Gasteiger partial charge is 0.328 e. The van der Waals surface area contributed by atoms with Crippen LogP contribution in [0.2, 0.25) is 0 Å². The molecule has 0 aliphatic heterocycles. The number of hydrogen-bond acceptors (Lipinski definition) is 4. The van der Waals surface area contributed by atoms with Gasteiger partial charge in [0.1, 0.15) is 12.0 Å². The minimum atomic E-state index is -0.863. The van der Waals surface area contributed by atoms with Crippen LogP contribution in [-0.4, -0.2) is 24.5 Å². The maximum absolute atomic E-state index is 11.4. The Morgan fingerprint density at radius 1 is 1.56 bits per heavy atom. The van der Waals surface area contributed by atoms with Crippen molar-refractivity contribution < 1.29 is 14.3 Å². The first-order valence-electron chi connectivity index (χ1n) is 4.84. The van der Waals surface area contributed by atoms with Gasteiger partial charge in [-0.25, -0.2) is 4.79 Å². The van der Waals surface area contributed by atoms with E-state index in [1.807, 2.05) is 6.07 Å². The Balaban J connectivity index is 4.56. The highest BCUT2D eigenvalue weighted by Gasteiger charge is 2.23. The Bertz CT molecular complexity index is 324. The molecule has 0 rings (SSSR count). The molecule has 86 valence electrons. The van der Waals surface area contributed by atoms with Gasteiger partial charge in [0.2, 0.25) is 5.91 Å². The summed E-state index contributed by atoms with van der Waals surface area (Å²) in [4.78, 5) is 22.3. The fourth-order valence-electron chi connectivity index (χ4n) is 1.10. The van der Waals surface area contributed by atoms with Crippen molar-refractivity contribution in [1.29, 1.82) is 5.26 Å². The quantitative estimate of drug-likeness (QED) is 0.533. The number of amides is 1. The molecular weight excluding hydrogens is 208 g/mol. The molecule has 0 unspecified atom stereocenters. The topological polar surface area (TPSA) is 79.2 Å². The Labute approximate surface area is 94.8 Å². The Morgan fingerprint density at radius 3 is 2.56 bits per heavy atom. The lowest BCUT2D eigenvalue weighted by Crippen LogP contribution is -2.41. The molecule has 0 aliphatic carbocycles. The average Bonchev–Trinajstić information content (AvgIpc) is 2.23. The standard InChI is InChI=1S/C11H14N2O3/c1-4-9(7-12)6-10(13-8(3)14)11(15)16-5-2/h1,9-10H,5-6H2,2-3H3,(H,13,14)/t9-,10+/m1/s1. The molecular formula is C11H14N2O3. The van der Waals surface area contributed by atoms with E-state index in [0.717, 1.165) is 0 Å². The molecule has 2 atom stereocenters. The highest BCUT2D eigenvalue weighted by Crippen LogP contribution is 2.06. The summed E-state index contributed by atoms with van der Waals surface area (Å²) in [6.45, 7) is 3.15. The maximum Gasteiger partial charge on any atom is 0.328 e. The summed E-state index contributed by atoms with van der Waals surface area (Å²) < 4.78 is 4.76.